The molecule has 0 bridgehead atoms. The zero-order valence-electron chi connectivity index (χ0n) is 16.7. The first-order valence-electron chi connectivity index (χ1n) is 9.70. The Bertz CT molecular complexity index is 1190. The molecule has 0 saturated heterocycles. The first kappa shape index (κ1) is 19.4. The number of para-hydroxylation sites is 1. The van der Waals surface area contributed by atoms with Crippen LogP contribution in [-0.4, -0.2) is 4.98 Å². The van der Waals surface area contributed by atoms with E-state index in [9.17, 15) is 0 Å². The van der Waals surface area contributed by atoms with E-state index in [0.717, 1.165) is 33.2 Å². The van der Waals surface area contributed by atoms with Gasteiger partial charge in [0.15, 0.2) is 0 Å². The first-order chi connectivity index (χ1) is 12.9. The van der Waals surface area contributed by atoms with Crippen molar-refractivity contribution in [2.75, 3.05) is 0 Å². The van der Waals surface area contributed by atoms with Crippen LogP contribution in [0.1, 0.15) is 51.7 Å². The normalized spacial score (nSPS) is 17.3. The zero-order valence-corrected chi connectivity index (χ0v) is 19.1. The van der Waals surface area contributed by atoms with Crippen LogP contribution >= 0.6 is 0 Å². The molecular weight excluding hydrogens is 522 g/mol. The molecule has 28 heavy (non-hydrogen) atoms. The molecule has 4 aromatic rings. The summed E-state index contributed by atoms with van der Waals surface area (Å²) in [7, 11) is 0. The number of furan rings is 1. The van der Waals surface area contributed by atoms with Crippen LogP contribution in [0.2, 0.25) is 0 Å². The summed E-state index contributed by atoms with van der Waals surface area (Å²) in [5.74, 6) is 0. The van der Waals surface area contributed by atoms with Gasteiger partial charge in [-0.05, 0) is 51.9 Å². The van der Waals surface area contributed by atoms with Gasteiger partial charge in [0, 0.05) is 26.3 Å². The summed E-state index contributed by atoms with van der Waals surface area (Å²) in [4.78, 5) is 4.81. The van der Waals surface area contributed by atoms with Gasteiger partial charge < -0.3 is 9.40 Å². The van der Waals surface area contributed by atoms with Crippen LogP contribution in [0.3, 0.4) is 0 Å². The van der Waals surface area contributed by atoms with Crippen LogP contribution in [0.5, 0.6) is 0 Å². The Morgan fingerprint density at radius 3 is 2.39 bits per heavy atom. The maximum atomic E-state index is 6.05. The van der Waals surface area contributed by atoms with E-state index in [4.69, 9.17) is 9.40 Å². The topological polar surface area (TPSA) is 26.0 Å². The van der Waals surface area contributed by atoms with Crippen molar-refractivity contribution in [1.82, 2.24) is 4.98 Å². The minimum atomic E-state index is 0. The van der Waals surface area contributed by atoms with Crippen molar-refractivity contribution in [2.24, 2.45) is 0 Å². The molecule has 2 heterocycles. The minimum absolute atomic E-state index is 0. The average molecular weight is 547 g/mol. The number of hydrogen-bond donors (Lipinski definition) is 0. The van der Waals surface area contributed by atoms with Crippen LogP contribution in [0.25, 0.3) is 33.2 Å². The van der Waals surface area contributed by atoms with E-state index in [1.54, 1.807) is 0 Å². The van der Waals surface area contributed by atoms with Crippen molar-refractivity contribution < 1.29 is 24.5 Å². The molecule has 2 aromatic carbocycles. The van der Waals surface area contributed by atoms with Gasteiger partial charge in [-0.25, -0.2) is 0 Å². The average Bonchev–Trinajstić information content (AvgIpc) is 3.03. The molecule has 1 aliphatic rings. The van der Waals surface area contributed by atoms with E-state index in [1.807, 2.05) is 24.3 Å². The summed E-state index contributed by atoms with van der Waals surface area (Å²) in [5, 5.41) is 2.24. The first-order valence-corrected chi connectivity index (χ1v) is 9.70. The molecule has 0 unspecified atom stereocenters. The van der Waals surface area contributed by atoms with Gasteiger partial charge in [0.1, 0.15) is 5.58 Å². The van der Waals surface area contributed by atoms with E-state index in [0.29, 0.717) is 0 Å². The Kier molecular flexibility index (Phi) is 4.52. The summed E-state index contributed by atoms with van der Waals surface area (Å²) in [5.41, 5.74) is 6.93. The maximum Gasteiger partial charge on any atom is 0.123 e. The number of fused-ring (bicyclic) bond motifs is 4. The fourth-order valence-corrected chi connectivity index (χ4v) is 4.41. The van der Waals surface area contributed by atoms with Crippen LogP contribution in [0.15, 0.2) is 53.1 Å². The number of pyridine rings is 1. The van der Waals surface area contributed by atoms with Crippen molar-refractivity contribution >= 4 is 21.9 Å². The van der Waals surface area contributed by atoms with Crippen molar-refractivity contribution in [1.29, 1.82) is 0 Å². The molecular formula is C25H24IrNO-. The standard InChI is InChI=1S/C25H24NO.Ir/c1-24(2)11-12-25(3,4)20-15-26-21(14-19(20)24)16-9-10-18-17-7-5-6-8-22(17)27-23(18)13-16;/h5-8,10,13-15H,11-12H2,1-4H3;/q-1;. The second-order valence-electron chi connectivity index (χ2n) is 9.11. The quantitative estimate of drug-likeness (QED) is 0.246. The van der Waals surface area contributed by atoms with Gasteiger partial charge in [0.05, 0.1) is 5.58 Å². The molecule has 0 fully saturated rings. The molecule has 3 heteroatoms. The fourth-order valence-electron chi connectivity index (χ4n) is 4.41. The molecule has 1 aliphatic carbocycles. The van der Waals surface area contributed by atoms with Crippen molar-refractivity contribution in [3.63, 3.8) is 0 Å². The van der Waals surface area contributed by atoms with Gasteiger partial charge in [-0.3, -0.25) is 0 Å². The number of nitrogens with zero attached hydrogens (tertiary/aromatic N) is 1. The molecule has 0 aliphatic heterocycles. The summed E-state index contributed by atoms with van der Waals surface area (Å²) in [6, 6.07) is 18.0. The number of hydrogen-bond acceptors (Lipinski definition) is 2. The Balaban J connectivity index is 0.00000192. The van der Waals surface area contributed by atoms with E-state index in [-0.39, 0.29) is 30.9 Å². The Morgan fingerprint density at radius 2 is 1.61 bits per heavy atom. The largest absolute Gasteiger partial charge is 0.476 e. The van der Waals surface area contributed by atoms with Crippen LogP contribution in [0, 0.1) is 6.07 Å². The number of aromatic nitrogens is 1. The molecule has 0 atom stereocenters. The van der Waals surface area contributed by atoms with Crippen LogP contribution in [-0.2, 0) is 30.9 Å². The SMILES string of the molecule is CC1(C)CCC(C)(C)c2cc(-c3[c-]cc4c(c3)oc3ccccc34)ncc21.[Ir]. The molecule has 145 valence electrons. The van der Waals surface area contributed by atoms with Crippen molar-refractivity contribution in [2.45, 2.75) is 51.4 Å². The molecule has 0 N–H and O–H groups in total. The van der Waals surface area contributed by atoms with Crippen molar-refractivity contribution in [3.8, 4) is 11.3 Å². The summed E-state index contributed by atoms with van der Waals surface area (Å²) < 4.78 is 6.05. The van der Waals surface area contributed by atoms with E-state index in [1.165, 1.54) is 24.0 Å². The Labute approximate surface area is 179 Å². The molecule has 0 saturated carbocycles. The Hall–Kier alpha value is -1.96. The van der Waals surface area contributed by atoms with Crippen LogP contribution in [0.4, 0.5) is 0 Å². The molecule has 0 spiro atoms. The molecule has 1 radical (unpaired) electrons. The van der Waals surface area contributed by atoms with E-state index in [2.05, 4.69) is 58.2 Å². The van der Waals surface area contributed by atoms with Gasteiger partial charge >= 0.3 is 0 Å². The van der Waals surface area contributed by atoms with Gasteiger partial charge in [0.25, 0.3) is 0 Å². The monoisotopic (exact) mass is 547 g/mol. The second kappa shape index (κ2) is 6.54. The third-order valence-corrected chi connectivity index (χ3v) is 6.32. The third kappa shape index (κ3) is 2.93. The summed E-state index contributed by atoms with van der Waals surface area (Å²) >= 11 is 0. The van der Waals surface area contributed by atoms with Gasteiger partial charge in [-0.15, -0.1) is 17.7 Å². The Morgan fingerprint density at radius 1 is 0.893 bits per heavy atom. The predicted molar refractivity (Wildman–Crippen MR) is 111 cm³/mol. The maximum absolute atomic E-state index is 6.05. The van der Waals surface area contributed by atoms with E-state index >= 15 is 0 Å². The third-order valence-electron chi connectivity index (χ3n) is 6.32. The summed E-state index contributed by atoms with van der Waals surface area (Å²) in [6.07, 6.45) is 4.48. The van der Waals surface area contributed by atoms with Crippen molar-refractivity contribution in [3.05, 3.63) is 65.9 Å². The zero-order chi connectivity index (χ0) is 18.8. The second-order valence-corrected chi connectivity index (χ2v) is 9.11. The van der Waals surface area contributed by atoms with E-state index < -0.39 is 0 Å². The minimum Gasteiger partial charge on any atom is -0.476 e. The fraction of sp³-hybridized carbons (Fsp3) is 0.320. The predicted octanol–water partition coefficient (Wildman–Crippen LogP) is 6.79. The molecule has 0 amide bonds. The van der Waals surface area contributed by atoms with Crippen LogP contribution < -0.4 is 0 Å². The molecule has 5 rings (SSSR count). The van der Waals surface area contributed by atoms with Gasteiger partial charge in [-0.1, -0.05) is 63.4 Å². The van der Waals surface area contributed by atoms with Gasteiger partial charge in [-0.2, -0.15) is 0 Å². The molecule has 2 nitrogen and oxygen atoms in total. The number of benzene rings is 2. The number of rotatable bonds is 1. The smallest absolute Gasteiger partial charge is 0.123 e. The van der Waals surface area contributed by atoms with Gasteiger partial charge in [0.2, 0.25) is 0 Å². The molecule has 2 aromatic heterocycles. The summed E-state index contributed by atoms with van der Waals surface area (Å²) in [6.45, 7) is 9.35.